The maximum atomic E-state index is 12.2. The molecule has 0 aromatic carbocycles. The van der Waals surface area contributed by atoms with Crippen molar-refractivity contribution in [1.82, 2.24) is 4.90 Å². The predicted octanol–water partition coefficient (Wildman–Crippen LogP) is 2.11. The molecule has 0 fully saturated rings. The van der Waals surface area contributed by atoms with E-state index in [0.29, 0.717) is 26.1 Å². The third-order valence-electron chi connectivity index (χ3n) is 3.13. The largest absolute Gasteiger partial charge is 0.469 e. The lowest BCUT2D eigenvalue weighted by Crippen LogP contribution is -2.35. The van der Waals surface area contributed by atoms with Gasteiger partial charge in [-0.3, -0.25) is 9.59 Å². The molecule has 0 atom stereocenters. The molecule has 0 radical (unpaired) electrons. The van der Waals surface area contributed by atoms with Crippen molar-refractivity contribution in [3.63, 3.8) is 0 Å². The number of aryl methyl sites for hydroxylation is 1. The molecular weight excluding hydrogens is 290 g/mol. The first kappa shape index (κ1) is 17.7. The number of nitrogens with zero attached hydrogens (tertiary/aromatic N) is 1. The van der Waals surface area contributed by atoms with E-state index in [-0.39, 0.29) is 18.3 Å². The van der Waals surface area contributed by atoms with Crippen LogP contribution in [0.5, 0.6) is 0 Å². The van der Waals surface area contributed by atoms with Crippen LogP contribution in [0.4, 0.5) is 0 Å². The molecule has 0 unspecified atom stereocenters. The molecule has 6 heteroatoms. The molecule has 1 aromatic heterocycles. The summed E-state index contributed by atoms with van der Waals surface area (Å²) >= 11 is 1.71. The van der Waals surface area contributed by atoms with E-state index in [9.17, 15) is 9.59 Å². The van der Waals surface area contributed by atoms with Gasteiger partial charge in [-0.1, -0.05) is 6.07 Å². The van der Waals surface area contributed by atoms with E-state index in [0.717, 1.165) is 12.8 Å². The molecule has 1 rings (SSSR count). The van der Waals surface area contributed by atoms with Gasteiger partial charge in [0.15, 0.2) is 0 Å². The summed E-state index contributed by atoms with van der Waals surface area (Å²) in [6.07, 6.45) is 2.44. The minimum absolute atomic E-state index is 0.0625. The number of carbonyl (C=O) groups is 2. The molecule has 1 aromatic rings. The first-order valence-electron chi connectivity index (χ1n) is 7.03. The Morgan fingerprint density at radius 3 is 2.67 bits per heavy atom. The van der Waals surface area contributed by atoms with Gasteiger partial charge in [-0.15, -0.1) is 11.3 Å². The van der Waals surface area contributed by atoms with Gasteiger partial charge in [0.05, 0.1) is 20.1 Å². The number of amides is 1. The number of thiophene rings is 1. The van der Waals surface area contributed by atoms with E-state index in [4.69, 9.17) is 4.74 Å². The normalized spacial score (nSPS) is 10.4. The molecule has 0 saturated heterocycles. The molecule has 5 nitrogen and oxygen atoms in total. The van der Waals surface area contributed by atoms with Gasteiger partial charge in [0, 0.05) is 31.5 Å². The fourth-order valence-corrected chi connectivity index (χ4v) is 2.67. The zero-order valence-corrected chi connectivity index (χ0v) is 13.5. The number of carbonyl (C=O) groups excluding carboxylic acids is 2. The summed E-state index contributed by atoms with van der Waals surface area (Å²) in [5, 5.41) is 2.04. The highest BCUT2D eigenvalue weighted by atomic mass is 32.1. The Morgan fingerprint density at radius 2 is 2.05 bits per heavy atom. The van der Waals surface area contributed by atoms with Crippen molar-refractivity contribution in [2.24, 2.45) is 0 Å². The highest BCUT2D eigenvalue weighted by Gasteiger charge is 2.14. The average molecular weight is 313 g/mol. The lowest BCUT2D eigenvalue weighted by Gasteiger charge is -2.22. The molecule has 0 aliphatic carbocycles. The number of methoxy groups -OCH3 is 2. The number of rotatable bonds is 10. The van der Waals surface area contributed by atoms with Crippen LogP contribution in [0.1, 0.15) is 24.1 Å². The molecule has 1 heterocycles. The zero-order valence-electron chi connectivity index (χ0n) is 12.7. The van der Waals surface area contributed by atoms with E-state index in [1.165, 1.54) is 12.0 Å². The Morgan fingerprint density at radius 1 is 1.24 bits per heavy atom. The second kappa shape index (κ2) is 10.3. The van der Waals surface area contributed by atoms with Gasteiger partial charge >= 0.3 is 5.97 Å². The molecule has 118 valence electrons. The van der Waals surface area contributed by atoms with Gasteiger partial charge < -0.3 is 14.4 Å². The Bertz CT molecular complexity index is 419. The first-order valence-corrected chi connectivity index (χ1v) is 7.91. The summed E-state index contributed by atoms with van der Waals surface area (Å²) in [5.74, 6) is -0.240. The molecule has 0 saturated carbocycles. The Balaban J connectivity index is 2.36. The predicted molar refractivity (Wildman–Crippen MR) is 82.3 cm³/mol. The van der Waals surface area contributed by atoms with Crippen LogP contribution in [0.25, 0.3) is 0 Å². The van der Waals surface area contributed by atoms with Gasteiger partial charge in [-0.2, -0.15) is 0 Å². The molecule has 21 heavy (non-hydrogen) atoms. The highest BCUT2D eigenvalue weighted by Crippen LogP contribution is 2.12. The minimum atomic E-state index is -0.302. The average Bonchev–Trinajstić information content (AvgIpc) is 3.00. The lowest BCUT2D eigenvalue weighted by molar-refractivity contribution is -0.142. The van der Waals surface area contributed by atoms with Crippen molar-refractivity contribution in [3.05, 3.63) is 22.4 Å². The quantitative estimate of drug-likeness (QED) is 0.621. The van der Waals surface area contributed by atoms with Crippen molar-refractivity contribution < 1.29 is 19.1 Å². The van der Waals surface area contributed by atoms with Gasteiger partial charge in [0.2, 0.25) is 5.91 Å². The molecule has 0 spiro atoms. The van der Waals surface area contributed by atoms with Gasteiger partial charge in [0.1, 0.15) is 0 Å². The van der Waals surface area contributed by atoms with Crippen molar-refractivity contribution in [1.29, 1.82) is 0 Å². The van der Waals surface area contributed by atoms with Crippen molar-refractivity contribution in [2.75, 3.05) is 33.9 Å². The SMILES string of the molecule is COCCN(CCC(=O)OC)C(=O)CCCc1cccs1. The smallest absolute Gasteiger partial charge is 0.307 e. The maximum Gasteiger partial charge on any atom is 0.307 e. The molecule has 1 amide bonds. The van der Waals surface area contributed by atoms with Gasteiger partial charge in [0.25, 0.3) is 0 Å². The summed E-state index contributed by atoms with van der Waals surface area (Å²) in [5.41, 5.74) is 0. The van der Waals surface area contributed by atoms with E-state index in [1.54, 1.807) is 23.3 Å². The number of ether oxygens (including phenoxy) is 2. The summed E-state index contributed by atoms with van der Waals surface area (Å²) in [6.45, 7) is 1.36. The molecule has 0 N–H and O–H groups in total. The molecule has 0 aliphatic heterocycles. The fourth-order valence-electron chi connectivity index (χ4n) is 1.92. The van der Waals surface area contributed by atoms with Crippen LogP contribution in [-0.2, 0) is 25.5 Å². The minimum Gasteiger partial charge on any atom is -0.469 e. The third kappa shape index (κ3) is 7.24. The Hall–Kier alpha value is -1.40. The molecule has 0 aliphatic rings. The number of esters is 1. The van der Waals surface area contributed by atoms with E-state index < -0.39 is 0 Å². The van der Waals surface area contributed by atoms with Crippen LogP contribution >= 0.6 is 11.3 Å². The van der Waals surface area contributed by atoms with Crippen LogP contribution < -0.4 is 0 Å². The molecule has 0 bridgehead atoms. The second-order valence-corrected chi connectivity index (χ2v) is 5.66. The summed E-state index contributed by atoms with van der Waals surface area (Å²) in [4.78, 5) is 26.4. The van der Waals surface area contributed by atoms with Crippen LogP contribution in [-0.4, -0.2) is 50.7 Å². The lowest BCUT2D eigenvalue weighted by atomic mass is 10.2. The Kier molecular flexibility index (Phi) is 8.69. The van der Waals surface area contributed by atoms with Crippen LogP contribution in [0, 0.1) is 0 Å². The zero-order chi connectivity index (χ0) is 15.5. The summed E-state index contributed by atoms with van der Waals surface area (Å²) < 4.78 is 9.62. The fraction of sp³-hybridized carbons (Fsp3) is 0.600. The second-order valence-electron chi connectivity index (χ2n) is 4.63. The molecular formula is C15H23NO4S. The van der Waals surface area contributed by atoms with E-state index >= 15 is 0 Å². The van der Waals surface area contributed by atoms with Crippen LogP contribution in [0.2, 0.25) is 0 Å². The third-order valence-corrected chi connectivity index (χ3v) is 4.06. The topological polar surface area (TPSA) is 55.8 Å². The number of hydrogen-bond donors (Lipinski definition) is 0. The van der Waals surface area contributed by atoms with E-state index in [2.05, 4.69) is 10.8 Å². The van der Waals surface area contributed by atoms with Gasteiger partial charge in [-0.25, -0.2) is 0 Å². The number of hydrogen-bond acceptors (Lipinski definition) is 5. The standard InChI is InChI=1S/C15H23NO4S/c1-19-11-10-16(9-8-15(18)20-2)14(17)7-3-5-13-6-4-12-21-13/h4,6,12H,3,5,7-11H2,1-2H3. The van der Waals surface area contributed by atoms with Crippen molar-refractivity contribution in [3.8, 4) is 0 Å². The first-order chi connectivity index (χ1) is 10.2. The van der Waals surface area contributed by atoms with Gasteiger partial charge in [-0.05, 0) is 24.3 Å². The van der Waals surface area contributed by atoms with Crippen LogP contribution in [0.15, 0.2) is 17.5 Å². The maximum absolute atomic E-state index is 12.2. The highest BCUT2D eigenvalue weighted by molar-refractivity contribution is 7.09. The summed E-state index contributed by atoms with van der Waals surface area (Å²) in [6, 6.07) is 4.10. The van der Waals surface area contributed by atoms with Crippen molar-refractivity contribution >= 4 is 23.2 Å². The summed E-state index contributed by atoms with van der Waals surface area (Å²) in [7, 11) is 2.95. The van der Waals surface area contributed by atoms with Crippen LogP contribution in [0.3, 0.4) is 0 Å². The Labute approximate surface area is 129 Å². The van der Waals surface area contributed by atoms with E-state index in [1.807, 2.05) is 11.4 Å². The monoisotopic (exact) mass is 313 g/mol. The van der Waals surface area contributed by atoms with Crippen molar-refractivity contribution in [2.45, 2.75) is 25.7 Å².